The van der Waals surface area contributed by atoms with Gasteiger partial charge >= 0.3 is 0 Å². The number of hydrogen-bond donors (Lipinski definition) is 0. The Morgan fingerprint density at radius 1 is 1.00 bits per heavy atom. The second-order valence-corrected chi connectivity index (χ2v) is 7.29. The smallest absolute Gasteiger partial charge is 0.154 e. The van der Waals surface area contributed by atoms with E-state index in [-0.39, 0.29) is 0 Å². The fourth-order valence-corrected chi connectivity index (χ4v) is 4.10. The Morgan fingerprint density at radius 3 is 2.54 bits per heavy atom. The lowest BCUT2D eigenvalue weighted by molar-refractivity contribution is 0.0321. The molecule has 0 unspecified atom stereocenters. The van der Waals surface area contributed by atoms with Crippen molar-refractivity contribution in [1.29, 1.82) is 0 Å². The number of nitrogens with zero attached hydrogens (tertiary/aromatic N) is 5. The summed E-state index contributed by atoms with van der Waals surface area (Å²) < 4.78 is 7.51. The maximum Gasteiger partial charge on any atom is 0.154 e. The Kier molecular flexibility index (Phi) is 3.67. The van der Waals surface area contributed by atoms with Gasteiger partial charge in [-0.15, -0.1) is 0 Å². The molecule has 0 bridgehead atoms. The molecule has 2 aromatic rings. The molecular formula is C18H25N5O. The van der Waals surface area contributed by atoms with E-state index >= 15 is 0 Å². The van der Waals surface area contributed by atoms with E-state index in [9.17, 15) is 0 Å². The maximum atomic E-state index is 5.50. The highest BCUT2D eigenvalue weighted by Gasteiger charge is 2.29. The molecule has 0 spiro atoms. The van der Waals surface area contributed by atoms with Gasteiger partial charge in [0, 0.05) is 63.7 Å². The van der Waals surface area contributed by atoms with Crippen molar-refractivity contribution >= 4 is 11.3 Å². The molecule has 128 valence electrons. The van der Waals surface area contributed by atoms with Gasteiger partial charge < -0.3 is 9.64 Å². The molecule has 2 aliphatic heterocycles. The molecule has 0 N–H and O–H groups in total. The van der Waals surface area contributed by atoms with Crippen LogP contribution in [0, 0.1) is 0 Å². The van der Waals surface area contributed by atoms with Crippen molar-refractivity contribution < 1.29 is 4.74 Å². The van der Waals surface area contributed by atoms with E-state index < -0.39 is 0 Å². The van der Waals surface area contributed by atoms with Crippen LogP contribution in [-0.2, 0) is 4.74 Å². The summed E-state index contributed by atoms with van der Waals surface area (Å²) >= 11 is 0. The normalized spacial score (nSPS) is 23.9. The highest BCUT2D eigenvalue weighted by molar-refractivity contribution is 5.69. The first-order chi connectivity index (χ1) is 11.9. The second-order valence-electron chi connectivity index (χ2n) is 7.29. The van der Waals surface area contributed by atoms with Crippen molar-refractivity contribution in [3.05, 3.63) is 24.2 Å². The summed E-state index contributed by atoms with van der Waals surface area (Å²) in [5.41, 5.74) is 2.41. The summed E-state index contributed by atoms with van der Waals surface area (Å²) in [5, 5.41) is 4.74. The summed E-state index contributed by atoms with van der Waals surface area (Å²) in [4.78, 5) is 9.77. The van der Waals surface area contributed by atoms with Gasteiger partial charge in [-0.05, 0) is 31.7 Å². The van der Waals surface area contributed by atoms with Crippen LogP contribution in [0.4, 0.5) is 5.82 Å². The van der Waals surface area contributed by atoms with Gasteiger partial charge in [0.2, 0.25) is 0 Å². The van der Waals surface area contributed by atoms with Crippen LogP contribution in [0.2, 0.25) is 0 Å². The second kappa shape index (κ2) is 6.01. The summed E-state index contributed by atoms with van der Waals surface area (Å²) in [6, 6.07) is 2.96. The van der Waals surface area contributed by atoms with Crippen LogP contribution < -0.4 is 4.90 Å². The van der Waals surface area contributed by atoms with Crippen LogP contribution in [0.5, 0.6) is 0 Å². The SMILES string of the molecule is c1cn2nc(C3CC3)cc2c(N2CCN(C3CCOCC3)CC2)n1. The molecule has 6 nitrogen and oxygen atoms in total. The lowest BCUT2D eigenvalue weighted by Crippen LogP contribution is -2.52. The largest absolute Gasteiger partial charge is 0.381 e. The molecule has 0 aromatic carbocycles. The van der Waals surface area contributed by atoms with Crippen molar-refractivity contribution in [3.8, 4) is 0 Å². The number of aromatic nitrogens is 3. The average Bonchev–Trinajstić information content (AvgIpc) is 3.41. The topological polar surface area (TPSA) is 45.9 Å². The van der Waals surface area contributed by atoms with Crippen molar-refractivity contribution in [3.63, 3.8) is 0 Å². The highest BCUT2D eigenvalue weighted by Crippen LogP contribution is 2.40. The lowest BCUT2D eigenvalue weighted by atomic mass is 10.1. The van der Waals surface area contributed by atoms with Gasteiger partial charge in [-0.1, -0.05) is 0 Å². The molecule has 5 rings (SSSR count). The Balaban J connectivity index is 1.33. The van der Waals surface area contributed by atoms with E-state index in [1.54, 1.807) is 0 Å². The Labute approximate surface area is 142 Å². The van der Waals surface area contributed by atoms with Crippen LogP contribution in [0.3, 0.4) is 0 Å². The van der Waals surface area contributed by atoms with Crippen LogP contribution in [0.1, 0.15) is 37.3 Å². The number of rotatable bonds is 3. The van der Waals surface area contributed by atoms with Gasteiger partial charge in [0.05, 0.1) is 5.69 Å². The number of piperazine rings is 1. The molecule has 0 amide bonds. The molecule has 1 aliphatic carbocycles. The summed E-state index contributed by atoms with van der Waals surface area (Å²) in [7, 11) is 0. The Bertz CT molecular complexity index is 711. The molecular weight excluding hydrogens is 302 g/mol. The van der Waals surface area contributed by atoms with Gasteiger partial charge in [0.15, 0.2) is 5.82 Å². The van der Waals surface area contributed by atoms with Crippen LogP contribution >= 0.6 is 0 Å². The van der Waals surface area contributed by atoms with E-state index in [0.29, 0.717) is 12.0 Å². The third-order valence-corrected chi connectivity index (χ3v) is 5.71. The molecule has 4 heterocycles. The van der Waals surface area contributed by atoms with E-state index in [1.165, 1.54) is 36.9 Å². The standard InChI is InChI=1S/C18H25N5O/c1-2-14(1)16-13-17-18(19-5-6-23(17)20-16)22-9-7-21(8-10-22)15-3-11-24-12-4-15/h5-6,13-15H,1-4,7-12H2. The minimum atomic E-state index is 0.683. The van der Waals surface area contributed by atoms with Gasteiger partial charge in [0.25, 0.3) is 0 Å². The number of hydrogen-bond acceptors (Lipinski definition) is 5. The van der Waals surface area contributed by atoms with E-state index in [1.807, 2.05) is 16.9 Å². The van der Waals surface area contributed by atoms with Crippen LogP contribution in [-0.4, -0.2) is 64.9 Å². The zero-order valence-electron chi connectivity index (χ0n) is 14.1. The third-order valence-electron chi connectivity index (χ3n) is 5.71. The molecule has 3 aliphatic rings. The molecule has 3 fully saturated rings. The number of ether oxygens (including phenoxy) is 1. The summed E-state index contributed by atoms with van der Waals surface area (Å²) in [6.45, 7) is 6.19. The van der Waals surface area contributed by atoms with Crippen molar-refractivity contribution in [2.75, 3.05) is 44.3 Å². The molecule has 1 saturated carbocycles. The first-order valence-electron chi connectivity index (χ1n) is 9.29. The van der Waals surface area contributed by atoms with Gasteiger partial charge in [-0.2, -0.15) is 5.10 Å². The molecule has 2 aromatic heterocycles. The predicted octanol–water partition coefficient (Wildman–Crippen LogP) is 1.91. The van der Waals surface area contributed by atoms with Crippen molar-refractivity contribution in [2.45, 2.75) is 37.6 Å². The zero-order valence-corrected chi connectivity index (χ0v) is 14.1. The fourth-order valence-electron chi connectivity index (χ4n) is 4.10. The van der Waals surface area contributed by atoms with Gasteiger partial charge in [-0.25, -0.2) is 9.50 Å². The first kappa shape index (κ1) is 14.7. The highest BCUT2D eigenvalue weighted by atomic mass is 16.5. The predicted molar refractivity (Wildman–Crippen MR) is 92.6 cm³/mol. The molecule has 24 heavy (non-hydrogen) atoms. The monoisotopic (exact) mass is 327 g/mol. The maximum absolute atomic E-state index is 5.50. The van der Waals surface area contributed by atoms with Crippen LogP contribution in [0.25, 0.3) is 5.52 Å². The summed E-state index contributed by atoms with van der Waals surface area (Å²) in [6.07, 6.45) is 8.80. The Hall–Kier alpha value is -1.66. The zero-order chi connectivity index (χ0) is 15.9. The number of fused-ring (bicyclic) bond motifs is 1. The minimum absolute atomic E-state index is 0.683. The van der Waals surface area contributed by atoms with Crippen molar-refractivity contribution in [1.82, 2.24) is 19.5 Å². The van der Waals surface area contributed by atoms with E-state index in [2.05, 4.69) is 20.9 Å². The molecule has 0 radical (unpaired) electrons. The summed E-state index contributed by atoms with van der Waals surface area (Å²) in [5.74, 6) is 1.78. The minimum Gasteiger partial charge on any atom is -0.381 e. The van der Waals surface area contributed by atoms with Gasteiger partial charge in [0.1, 0.15) is 5.52 Å². The molecule has 0 atom stereocenters. The number of anilines is 1. The van der Waals surface area contributed by atoms with Crippen LogP contribution in [0.15, 0.2) is 18.5 Å². The fraction of sp³-hybridized carbons (Fsp3) is 0.667. The average molecular weight is 327 g/mol. The quantitative estimate of drug-likeness (QED) is 0.862. The lowest BCUT2D eigenvalue weighted by Gasteiger charge is -2.41. The Morgan fingerprint density at radius 2 is 1.79 bits per heavy atom. The van der Waals surface area contributed by atoms with E-state index in [4.69, 9.17) is 9.84 Å². The molecule has 6 heteroatoms. The first-order valence-corrected chi connectivity index (χ1v) is 9.29. The van der Waals surface area contributed by atoms with Gasteiger partial charge in [-0.3, -0.25) is 4.90 Å². The van der Waals surface area contributed by atoms with E-state index in [0.717, 1.165) is 45.2 Å². The van der Waals surface area contributed by atoms with Crippen molar-refractivity contribution in [2.24, 2.45) is 0 Å². The third kappa shape index (κ3) is 2.67. The molecule has 2 saturated heterocycles.